The summed E-state index contributed by atoms with van der Waals surface area (Å²) in [7, 11) is 0. The van der Waals surface area contributed by atoms with Gasteiger partial charge in [-0.25, -0.2) is 0 Å². The topological polar surface area (TPSA) is 71.3 Å². The van der Waals surface area contributed by atoms with Crippen molar-refractivity contribution < 1.29 is 14.3 Å². The van der Waals surface area contributed by atoms with Gasteiger partial charge >= 0.3 is 0 Å². The Hall–Kier alpha value is -2.06. The van der Waals surface area contributed by atoms with E-state index in [-0.39, 0.29) is 12.5 Å². The van der Waals surface area contributed by atoms with Crippen molar-refractivity contribution in [2.45, 2.75) is 13.3 Å². The van der Waals surface area contributed by atoms with Gasteiger partial charge in [-0.3, -0.25) is 4.79 Å². The smallest absolute Gasteiger partial charge is 0.226 e. The molecule has 0 aliphatic heterocycles. The van der Waals surface area contributed by atoms with Gasteiger partial charge in [0.05, 0.1) is 13.0 Å². The van der Waals surface area contributed by atoms with Gasteiger partial charge in [-0.2, -0.15) is 5.26 Å². The molecule has 0 aliphatic rings. The minimum Gasteiger partial charge on any atom is -0.479 e. The van der Waals surface area contributed by atoms with Crippen LogP contribution in [0.25, 0.3) is 0 Å². The van der Waals surface area contributed by atoms with Crippen LogP contribution in [0.3, 0.4) is 0 Å². The van der Waals surface area contributed by atoms with Crippen molar-refractivity contribution >= 4 is 11.6 Å². The van der Waals surface area contributed by atoms with Crippen LogP contribution in [0.5, 0.6) is 5.75 Å². The van der Waals surface area contributed by atoms with Crippen LogP contribution in [-0.4, -0.2) is 25.7 Å². The van der Waals surface area contributed by atoms with Crippen LogP contribution in [0.15, 0.2) is 24.3 Å². The van der Waals surface area contributed by atoms with Crippen molar-refractivity contribution in [2.24, 2.45) is 0 Å². The number of amides is 1. The lowest BCUT2D eigenvalue weighted by atomic mass is 10.3. The number of carbonyl (C=O) groups is 1. The minimum atomic E-state index is -0.0888. The van der Waals surface area contributed by atoms with E-state index in [9.17, 15) is 4.79 Å². The van der Waals surface area contributed by atoms with Crippen molar-refractivity contribution in [3.63, 3.8) is 0 Å². The lowest BCUT2D eigenvalue weighted by Gasteiger charge is -2.06. The van der Waals surface area contributed by atoms with E-state index in [2.05, 4.69) is 5.32 Å². The molecule has 0 aromatic heterocycles. The molecular formula is C13H16N2O3. The number of nitrogens with one attached hydrogen (secondary N) is 1. The highest BCUT2D eigenvalue weighted by Gasteiger charge is 2.02. The summed E-state index contributed by atoms with van der Waals surface area (Å²) in [5.41, 5.74) is 0.695. The zero-order chi connectivity index (χ0) is 13.2. The van der Waals surface area contributed by atoms with Gasteiger partial charge in [-0.1, -0.05) is 0 Å². The van der Waals surface area contributed by atoms with Crippen molar-refractivity contribution in [3.8, 4) is 11.8 Å². The number of hydrogen-bond acceptors (Lipinski definition) is 4. The Balaban J connectivity index is 2.38. The van der Waals surface area contributed by atoms with Crippen molar-refractivity contribution in [1.29, 1.82) is 5.26 Å². The first-order valence-electron chi connectivity index (χ1n) is 5.73. The Bertz CT molecular complexity index is 409. The summed E-state index contributed by atoms with van der Waals surface area (Å²) >= 11 is 0. The second kappa shape index (κ2) is 8.09. The average molecular weight is 248 g/mol. The molecule has 0 unspecified atom stereocenters. The van der Waals surface area contributed by atoms with Gasteiger partial charge < -0.3 is 14.8 Å². The van der Waals surface area contributed by atoms with E-state index in [1.807, 2.05) is 13.0 Å². The monoisotopic (exact) mass is 248 g/mol. The number of hydrogen-bond donors (Lipinski definition) is 1. The first kappa shape index (κ1) is 14.0. The quantitative estimate of drug-likeness (QED) is 0.749. The molecule has 0 atom stereocenters. The molecule has 0 heterocycles. The van der Waals surface area contributed by atoms with Gasteiger partial charge in [-0.05, 0) is 31.2 Å². The predicted octanol–water partition coefficient (Wildman–Crippen LogP) is 1.95. The number of ether oxygens (including phenoxy) is 2. The van der Waals surface area contributed by atoms with E-state index >= 15 is 0 Å². The number of benzene rings is 1. The first-order valence-corrected chi connectivity index (χ1v) is 5.73. The summed E-state index contributed by atoms with van der Waals surface area (Å²) in [6.45, 7) is 2.93. The maximum absolute atomic E-state index is 11.5. The summed E-state index contributed by atoms with van der Waals surface area (Å²) in [6, 6.07) is 8.75. The Kier molecular flexibility index (Phi) is 6.30. The molecule has 96 valence electrons. The Morgan fingerprint density at radius 3 is 2.72 bits per heavy atom. The third-order valence-electron chi connectivity index (χ3n) is 2.12. The van der Waals surface area contributed by atoms with E-state index in [0.717, 1.165) is 0 Å². The van der Waals surface area contributed by atoms with E-state index in [1.165, 1.54) is 0 Å². The predicted molar refractivity (Wildman–Crippen MR) is 67.3 cm³/mol. The SMILES string of the molecule is CCOCCC(=O)Nc1ccc(OCC#N)cc1. The zero-order valence-electron chi connectivity index (χ0n) is 10.3. The molecule has 0 saturated heterocycles. The lowest BCUT2D eigenvalue weighted by Crippen LogP contribution is -2.14. The normalized spacial score (nSPS) is 9.56. The molecular weight excluding hydrogens is 232 g/mol. The maximum atomic E-state index is 11.5. The Morgan fingerprint density at radius 2 is 2.11 bits per heavy atom. The summed E-state index contributed by atoms with van der Waals surface area (Å²) in [4.78, 5) is 11.5. The van der Waals surface area contributed by atoms with E-state index < -0.39 is 0 Å². The Labute approximate surface area is 106 Å². The highest BCUT2D eigenvalue weighted by molar-refractivity contribution is 5.90. The summed E-state index contributed by atoms with van der Waals surface area (Å²) < 4.78 is 10.2. The van der Waals surface area contributed by atoms with E-state index in [1.54, 1.807) is 24.3 Å². The molecule has 5 heteroatoms. The van der Waals surface area contributed by atoms with E-state index in [4.69, 9.17) is 14.7 Å². The summed E-state index contributed by atoms with van der Waals surface area (Å²) in [6.07, 6.45) is 0.334. The standard InChI is InChI=1S/C13H16N2O3/c1-2-17-9-7-13(16)15-11-3-5-12(6-4-11)18-10-8-14/h3-6H,2,7,9-10H2,1H3,(H,15,16). The Morgan fingerprint density at radius 1 is 1.39 bits per heavy atom. The molecule has 5 nitrogen and oxygen atoms in total. The average Bonchev–Trinajstić information content (AvgIpc) is 2.38. The van der Waals surface area contributed by atoms with Crippen LogP contribution in [0.2, 0.25) is 0 Å². The molecule has 0 bridgehead atoms. The summed E-state index contributed by atoms with van der Waals surface area (Å²) in [5.74, 6) is 0.512. The summed E-state index contributed by atoms with van der Waals surface area (Å²) in [5, 5.41) is 11.1. The third-order valence-corrected chi connectivity index (χ3v) is 2.12. The number of nitriles is 1. The third kappa shape index (κ3) is 5.32. The molecule has 0 saturated carbocycles. The van der Waals surface area contributed by atoms with Gasteiger partial charge in [0.1, 0.15) is 11.8 Å². The van der Waals surface area contributed by atoms with Gasteiger partial charge in [0.25, 0.3) is 0 Å². The first-order chi connectivity index (χ1) is 8.76. The van der Waals surface area contributed by atoms with Crippen molar-refractivity contribution in [1.82, 2.24) is 0 Å². The van der Waals surface area contributed by atoms with Crippen LogP contribution in [0, 0.1) is 11.3 Å². The number of anilines is 1. The molecule has 0 radical (unpaired) electrons. The maximum Gasteiger partial charge on any atom is 0.226 e. The van der Waals surface area contributed by atoms with Crippen LogP contribution >= 0.6 is 0 Å². The number of rotatable bonds is 7. The molecule has 0 spiro atoms. The minimum absolute atomic E-state index is 0.0140. The van der Waals surface area contributed by atoms with Crippen molar-refractivity contribution in [2.75, 3.05) is 25.1 Å². The molecule has 1 N–H and O–H groups in total. The molecule has 0 fully saturated rings. The fraction of sp³-hybridized carbons (Fsp3) is 0.385. The molecule has 1 aromatic carbocycles. The van der Waals surface area contributed by atoms with Gasteiger partial charge in [0, 0.05) is 12.3 Å². The fourth-order valence-corrected chi connectivity index (χ4v) is 1.28. The second-order valence-electron chi connectivity index (χ2n) is 3.47. The van der Waals surface area contributed by atoms with Crippen LogP contribution in [0.1, 0.15) is 13.3 Å². The fourth-order valence-electron chi connectivity index (χ4n) is 1.28. The van der Waals surface area contributed by atoms with Crippen LogP contribution in [0.4, 0.5) is 5.69 Å². The van der Waals surface area contributed by atoms with Gasteiger partial charge in [-0.15, -0.1) is 0 Å². The molecule has 1 amide bonds. The van der Waals surface area contributed by atoms with E-state index in [0.29, 0.717) is 31.1 Å². The van der Waals surface area contributed by atoms with Crippen molar-refractivity contribution in [3.05, 3.63) is 24.3 Å². The molecule has 0 aliphatic carbocycles. The molecule has 1 rings (SSSR count). The lowest BCUT2D eigenvalue weighted by molar-refractivity contribution is -0.117. The van der Waals surface area contributed by atoms with Crippen LogP contribution in [-0.2, 0) is 9.53 Å². The zero-order valence-corrected chi connectivity index (χ0v) is 10.3. The number of carbonyl (C=O) groups excluding carboxylic acids is 1. The van der Waals surface area contributed by atoms with Crippen LogP contribution < -0.4 is 10.1 Å². The molecule has 18 heavy (non-hydrogen) atoms. The second-order valence-corrected chi connectivity index (χ2v) is 3.47. The van der Waals surface area contributed by atoms with Gasteiger partial charge in [0.15, 0.2) is 6.61 Å². The van der Waals surface area contributed by atoms with Gasteiger partial charge in [0.2, 0.25) is 5.91 Å². The molecule has 1 aromatic rings. The highest BCUT2D eigenvalue weighted by atomic mass is 16.5. The largest absolute Gasteiger partial charge is 0.479 e. The number of nitrogens with zero attached hydrogens (tertiary/aromatic N) is 1. The highest BCUT2D eigenvalue weighted by Crippen LogP contribution is 2.15.